The zero-order valence-electron chi connectivity index (χ0n) is 71.8. The van der Waals surface area contributed by atoms with E-state index >= 15 is 0 Å². The van der Waals surface area contributed by atoms with Gasteiger partial charge in [-0.2, -0.15) is 0 Å². The third kappa shape index (κ3) is 5.43. The second-order valence-corrected chi connectivity index (χ2v) is 18.3. The van der Waals surface area contributed by atoms with E-state index in [2.05, 4.69) is 0 Å². The van der Waals surface area contributed by atoms with Gasteiger partial charge < -0.3 is 9.13 Å². The standard InChI is InChI=1S/C60H40N2SSi/c1-4-18-41(19-5-1)42-32-36-46(37-33-42)64(44-20-6-2-7-21-44,45-22-8-3-9-23-45)47-38-34-43(35-39-47)61-53-28-14-12-26-50(53)52-40-56(60-58(59(52)61)51-27-13-17-31-57(51)63-60)62-54-29-15-10-24-48(54)49-25-11-16-30-55(49)62/h1-40H/i1D,2D,3D,4D,5D,6D,7D,8D,9D,10D,11D,12D,13D,14D,15D,16D,17D,18D,19D,20D,21D,22D,23D,24D,25D,26D,27D,28D,29D,30D,31D,32D,33D,34D,35D,36D,37D,38D,39D,40D. The van der Waals surface area contributed by atoms with Crippen LogP contribution in [0.2, 0.25) is 0 Å². The van der Waals surface area contributed by atoms with E-state index in [4.69, 9.17) is 26.0 Å². The summed E-state index contributed by atoms with van der Waals surface area (Å²) in [5.41, 5.74) is -6.82. The lowest BCUT2D eigenvalue weighted by molar-refractivity contribution is 1.18. The minimum absolute atomic E-state index is 0.416. The van der Waals surface area contributed by atoms with Crippen LogP contribution in [0.15, 0.2) is 242 Å². The van der Waals surface area contributed by atoms with E-state index in [-0.39, 0.29) is 0 Å². The Morgan fingerprint density at radius 2 is 0.781 bits per heavy atom. The van der Waals surface area contributed by atoms with Gasteiger partial charge in [-0.05, 0) is 74.2 Å². The van der Waals surface area contributed by atoms with E-state index in [1.165, 1.54) is 0 Å². The maximum atomic E-state index is 10.6. The predicted molar refractivity (Wildman–Crippen MR) is 277 cm³/mol. The number of hydrogen-bond donors (Lipinski definition) is 0. The first-order valence-electron chi connectivity index (χ1n) is 38.7. The van der Waals surface area contributed by atoms with Crippen molar-refractivity contribution in [3.8, 4) is 22.5 Å². The molecule has 0 radical (unpaired) electrons. The molecule has 0 fully saturated rings. The van der Waals surface area contributed by atoms with Gasteiger partial charge in [0.25, 0.3) is 0 Å². The van der Waals surface area contributed by atoms with E-state index in [1.54, 1.807) is 0 Å². The van der Waals surface area contributed by atoms with Crippen molar-refractivity contribution in [3.05, 3.63) is 242 Å². The molecule has 64 heavy (non-hydrogen) atoms. The molecule has 0 atom stereocenters. The summed E-state index contributed by atoms with van der Waals surface area (Å²) in [4.78, 5) is 0. The Kier molecular flexibility index (Phi) is 3.36. The molecule has 0 aliphatic heterocycles. The van der Waals surface area contributed by atoms with Crippen LogP contribution in [0.4, 0.5) is 0 Å². The Bertz CT molecular complexity index is 6020. The largest absolute Gasteiger partial charge is 0.309 e. The number of nitrogens with zero attached hydrogens (tertiary/aromatic N) is 2. The van der Waals surface area contributed by atoms with E-state index in [1.807, 2.05) is 0 Å². The van der Waals surface area contributed by atoms with E-state index in [0.29, 0.717) is 15.9 Å². The number of para-hydroxylation sites is 3. The van der Waals surface area contributed by atoms with Crippen molar-refractivity contribution in [3.63, 3.8) is 0 Å². The summed E-state index contributed by atoms with van der Waals surface area (Å²) in [5.74, 6) is 0. The fourth-order valence-corrected chi connectivity index (χ4v) is 12.6. The monoisotopic (exact) mass is 889 g/mol. The van der Waals surface area contributed by atoms with Gasteiger partial charge in [-0.1, -0.05) is 199 Å². The number of fused-ring (bicyclic) bond motifs is 10. The molecule has 13 aromatic rings. The Morgan fingerprint density at radius 1 is 0.359 bits per heavy atom. The highest BCUT2D eigenvalue weighted by Gasteiger charge is 2.41. The van der Waals surface area contributed by atoms with Crippen LogP contribution in [0.3, 0.4) is 0 Å². The first-order chi connectivity index (χ1) is 48.4. The number of aromatic nitrogens is 2. The Morgan fingerprint density at radius 3 is 1.36 bits per heavy atom. The molecule has 0 aliphatic rings. The Balaban J connectivity index is 1.34. The van der Waals surface area contributed by atoms with Crippen molar-refractivity contribution in [1.29, 1.82) is 0 Å². The lowest BCUT2D eigenvalue weighted by Gasteiger charge is -2.34. The fourth-order valence-electron chi connectivity index (χ4n) is 8.00. The van der Waals surface area contributed by atoms with Gasteiger partial charge >= 0.3 is 0 Å². The fraction of sp³-hybridized carbons (Fsp3) is 0. The van der Waals surface area contributed by atoms with Gasteiger partial charge in [0.2, 0.25) is 0 Å². The van der Waals surface area contributed by atoms with E-state index in [0.717, 1.165) is 4.57 Å². The third-order valence-corrected chi connectivity index (χ3v) is 15.7. The topological polar surface area (TPSA) is 9.86 Å². The molecule has 0 saturated heterocycles. The van der Waals surface area contributed by atoms with E-state index < -0.39 is 357 Å². The quantitative estimate of drug-likeness (QED) is 0.111. The Labute approximate surface area is 432 Å². The van der Waals surface area contributed by atoms with E-state index in [9.17, 15) is 28.8 Å². The van der Waals surface area contributed by atoms with Crippen LogP contribution < -0.4 is 20.7 Å². The van der Waals surface area contributed by atoms with Crippen LogP contribution in [-0.2, 0) is 0 Å². The lowest BCUT2D eigenvalue weighted by atomic mass is 10.1. The summed E-state index contributed by atoms with van der Waals surface area (Å²) in [6, 6.07) is -46.8. The number of rotatable bonds is 7. The zero-order chi connectivity index (χ0) is 77.0. The molecule has 10 aromatic carbocycles. The minimum atomic E-state index is -6.78. The summed E-state index contributed by atoms with van der Waals surface area (Å²) in [7, 11) is -6.78. The number of hydrogen-bond acceptors (Lipinski definition) is 1. The van der Waals surface area contributed by atoms with Gasteiger partial charge in [-0.25, -0.2) is 0 Å². The van der Waals surface area contributed by atoms with Crippen molar-refractivity contribution in [1.82, 2.24) is 9.13 Å². The van der Waals surface area contributed by atoms with Crippen LogP contribution in [0.25, 0.3) is 86.3 Å². The number of benzene rings is 10. The average Bonchev–Trinajstić information content (AvgIpc) is 1.26. The van der Waals surface area contributed by atoms with Crippen molar-refractivity contribution in [2.75, 3.05) is 0 Å². The molecule has 13 rings (SSSR count). The average molecular weight is 889 g/mol. The molecule has 0 aliphatic carbocycles. The van der Waals surface area contributed by atoms with Gasteiger partial charge in [-0.3, -0.25) is 0 Å². The first-order valence-corrected chi connectivity index (χ1v) is 21.6. The smallest absolute Gasteiger partial charge is 0.179 e. The second-order valence-electron chi connectivity index (χ2n) is 13.8. The highest BCUT2D eigenvalue weighted by molar-refractivity contribution is 7.26. The Hall–Kier alpha value is -7.76. The molecule has 2 nitrogen and oxygen atoms in total. The molecule has 0 saturated carbocycles. The van der Waals surface area contributed by atoms with Crippen LogP contribution >= 0.6 is 11.3 Å². The minimum Gasteiger partial charge on any atom is -0.309 e. The highest BCUT2D eigenvalue weighted by Crippen LogP contribution is 2.47. The zero-order valence-corrected chi connectivity index (χ0v) is 33.6. The molecule has 0 bridgehead atoms. The maximum Gasteiger partial charge on any atom is 0.179 e. The van der Waals surface area contributed by atoms with Crippen molar-refractivity contribution < 1.29 is 54.8 Å². The molecule has 0 amide bonds. The van der Waals surface area contributed by atoms with Crippen LogP contribution in [0.5, 0.6) is 0 Å². The molecule has 0 N–H and O–H groups in total. The molecule has 4 heteroatoms. The summed E-state index contributed by atoms with van der Waals surface area (Å²) < 4.78 is 376. The van der Waals surface area contributed by atoms with Crippen molar-refractivity contribution in [2.45, 2.75) is 0 Å². The van der Waals surface area contributed by atoms with Gasteiger partial charge in [0.15, 0.2) is 8.07 Å². The van der Waals surface area contributed by atoms with Gasteiger partial charge in [0.1, 0.15) is 0 Å². The van der Waals surface area contributed by atoms with Gasteiger partial charge in [0, 0.05) is 42.7 Å². The van der Waals surface area contributed by atoms with Crippen molar-refractivity contribution in [2.24, 2.45) is 0 Å². The maximum absolute atomic E-state index is 10.6. The van der Waals surface area contributed by atoms with Crippen molar-refractivity contribution >= 4 is 104 Å². The SMILES string of the molecule is [2H]c1c([2H])c([2H])c(-c2c([2H])c([2H])c([Si](c3c([2H])c([2H])c([2H])c([2H])c3[2H])(c3c([2H])c([2H])c([2H])c([2H])c3[2H])c3c([2H])c([2H])c(-n4c5c([2H])c([2H])c([2H])c([2H])c5c5c([2H])c(-n6c7c([2H])c([2H])c([2H])c([2H])c7c7c([2H])c([2H])c([2H])c([2H])c76)c6sc7c([2H])c([2H])c([2H])c([2H])c7c6c54)c([2H])c3[2H])c([2H])c2[2H])c([2H])c1[2H]. The van der Waals surface area contributed by atoms with Crippen LogP contribution in [0, 0.1) is 0 Å². The normalized spacial score (nSPS) is 20.8. The molecule has 300 valence electrons. The lowest BCUT2D eigenvalue weighted by Crippen LogP contribution is -2.74. The molecule has 0 spiro atoms. The van der Waals surface area contributed by atoms with Crippen LogP contribution in [0.1, 0.15) is 54.8 Å². The summed E-state index contributed by atoms with van der Waals surface area (Å²) in [6.45, 7) is 0. The van der Waals surface area contributed by atoms with Crippen LogP contribution in [-0.4, -0.2) is 17.2 Å². The third-order valence-electron chi connectivity index (χ3n) is 10.6. The molecular weight excluding hydrogens is 809 g/mol. The molecule has 0 unspecified atom stereocenters. The number of thiophene rings is 1. The molecular formula is C60H40N2SSi. The highest BCUT2D eigenvalue weighted by atomic mass is 32.1. The van der Waals surface area contributed by atoms with Gasteiger partial charge in [0.05, 0.1) is 87.3 Å². The predicted octanol–water partition coefficient (Wildman–Crippen LogP) is 13.3. The molecule has 3 heterocycles. The summed E-state index contributed by atoms with van der Waals surface area (Å²) >= 11 is 0.441. The first kappa shape index (κ1) is 14.6. The summed E-state index contributed by atoms with van der Waals surface area (Å²) in [6.07, 6.45) is 0. The molecule has 3 aromatic heterocycles. The second kappa shape index (κ2) is 14.7. The van der Waals surface area contributed by atoms with Gasteiger partial charge in [-0.15, -0.1) is 11.3 Å². The summed E-state index contributed by atoms with van der Waals surface area (Å²) in [5, 5.41) is -9.14.